The highest BCUT2D eigenvalue weighted by Crippen LogP contribution is 2.27. The molecule has 5 heteroatoms. The Hall–Kier alpha value is -0.965. The molecule has 1 aromatic rings. The van der Waals surface area contributed by atoms with Crippen LogP contribution in [0, 0.1) is 0 Å². The van der Waals surface area contributed by atoms with E-state index in [0.717, 1.165) is 6.07 Å². The second-order valence-electron chi connectivity index (χ2n) is 2.36. The maximum Gasteiger partial charge on any atom is 0.415 e. The molecule has 12 heavy (non-hydrogen) atoms. The van der Waals surface area contributed by atoms with Crippen molar-refractivity contribution < 1.29 is 13.2 Å². The molecule has 0 bridgehead atoms. The molecule has 0 aliphatic carbocycles. The third kappa shape index (κ3) is 1.79. The number of nitrogens with two attached hydrogens (primary N) is 1. The van der Waals surface area contributed by atoms with E-state index in [0.29, 0.717) is 0 Å². The third-order valence-corrected chi connectivity index (χ3v) is 1.54. The molecule has 0 radical (unpaired) electrons. The second kappa shape index (κ2) is 3.19. The summed E-state index contributed by atoms with van der Waals surface area (Å²) in [4.78, 5) is 0. The van der Waals surface area contributed by atoms with Gasteiger partial charge in [-0.1, -0.05) is 29.7 Å². The number of alkyl halides is 3. The molecule has 0 aliphatic heterocycles. The van der Waals surface area contributed by atoms with E-state index >= 15 is 0 Å². The molecule has 0 saturated carbocycles. The van der Waals surface area contributed by atoms with E-state index in [-0.39, 0.29) is 12.9 Å². The van der Waals surface area contributed by atoms with Crippen molar-refractivity contribution >= 4 is 12.9 Å². The van der Waals surface area contributed by atoms with Gasteiger partial charge < -0.3 is 5.64 Å². The van der Waals surface area contributed by atoms with Gasteiger partial charge in [0.1, 0.15) is 0 Å². The lowest BCUT2D eigenvalue weighted by Crippen LogP contribution is -2.30. The highest BCUT2D eigenvalue weighted by molar-refractivity contribution is 6.50. The summed E-state index contributed by atoms with van der Waals surface area (Å²) in [7, 11) is -0.0876. The fourth-order valence-corrected chi connectivity index (χ4v) is 0.975. The number of halogens is 3. The fraction of sp³-hybridized carbons (Fsp3) is 0.143. The van der Waals surface area contributed by atoms with E-state index in [4.69, 9.17) is 5.64 Å². The fourth-order valence-electron chi connectivity index (χ4n) is 0.975. The summed E-state index contributed by atoms with van der Waals surface area (Å²) in [5, 5.41) is 0. The average Bonchev–Trinajstić information content (AvgIpc) is 2.03. The Bertz CT molecular complexity index is 272. The maximum absolute atomic E-state index is 12.2. The minimum Gasteiger partial charge on any atom is -0.369 e. The maximum atomic E-state index is 12.2. The van der Waals surface area contributed by atoms with Crippen LogP contribution >= 0.6 is 0 Å². The molecule has 0 unspecified atom stereocenters. The van der Waals surface area contributed by atoms with E-state index in [9.17, 15) is 13.2 Å². The van der Waals surface area contributed by atoms with Crippen molar-refractivity contribution in [2.75, 3.05) is 0 Å². The molecule has 1 rings (SSSR count). The predicted octanol–water partition coefficient (Wildman–Crippen LogP) is 0.641. The third-order valence-electron chi connectivity index (χ3n) is 1.54. The van der Waals surface area contributed by atoms with E-state index in [1.165, 1.54) is 18.2 Å². The summed E-state index contributed by atoms with van der Waals surface area (Å²) in [5.74, 6) is 0. The first kappa shape index (κ1) is 9.13. The number of benzene rings is 1. The first-order valence-corrected chi connectivity index (χ1v) is 3.41. The van der Waals surface area contributed by atoms with Crippen LogP contribution < -0.4 is 11.1 Å². The van der Waals surface area contributed by atoms with Gasteiger partial charge in [0.15, 0.2) is 0 Å². The summed E-state index contributed by atoms with van der Waals surface area (Å²) >= 11 is 0. The monoisotopic (exact) mass is 173 g/mol. The normalized spacial score (nSPS) is 11.3. The van der Waals surface area contributed by atoms with Gasteiger partial charge in [0.2, 0.25) is 7.41 Å². The Morgan fingerprint density at radius 3 is 2.17 bits per heavy atom. The first-order valence-electron chi connectivity index (χ1n) is 3.41. The number of hydrogen-bond donors (Lipinski definition) is 1. The van der Waals surface area contributed by atoms with Gasteiger partial charge in [0.05, 0.1) is 5.56 Å². The minimum absolute atomic E-state index is 0.0876. The Morgan fingerprint density at radius 1 is 1.17 bits per heavy atom. The average molecular weight is 173 g/mol. The first-order chi connectivity index (χ1) is 5.55. The molecule has 2 N–H and O–H groups in total. The quantitative estimate of drug-likeness (QED) is 0.619. The summed E-state index contributed by atoms with van der Waals surface area (Å²) in [6.07, 6.45) is -4.30. The zero-order valence-electron chi connectivity index (χ0n) is 6.23. The summed E-state index contributed by atoms with van der Waals surface area (Å²) in [5.41, 5.74) is 4.63. The highest BCUT2D eigenvalue weighted by atomic mass is 19.4. The zero-order valence-corrected chi connectivity index (χ0v) is 6.23. The topological polar surface area (TPSA) is 26.0 Å². The van der Waals surface area contributed by atoms with E-state index in [2.05, 4.69) is 0 Å². The van der Waals surface area contributed by atoms with Gasteiger partial charge in [0.25, 0.3) is 0 Å². The Labute approximate surface area is 68.6 Å². The molecule has 0 heterocycles. The van der Waals surface area contributed by atoms with Gasteiger partial charge in [0, 0.05) is 0 Å². The molecule has 0 atom stereocenters. The van der Waals surface area contributed by atoms with Gasteiger partial charge in [-0.25, -0.2) is 0 Å². The molecule has 0 spiro atoms. The van der Waals surface area contributed by atoms with Crippen molar-refractivity contribution in [3.63, 3.8) is 0 Å². The lowest BCUT2D eigenvalue weighted by Gasteiger charge is -2.09. The predicted molar refractivity (Wildman–Crippen MR) is 42.4 cm³/mol. The van der Waals surface area contributed by atoms with Crippen LogP contribution in [0.1, 0.15) is 5.56 Å². The Morgan fingerprint density at radius 2 is 1.75 bits per heavy atom. The molecule has 0 aromatic heterocycles. The van der Waals surface area contributed by atoms with Gasteiger partial charge in [-0.3, -0.25) is 0 Å². The van der Waals surface area contributed by atoms with Gasteiger partial charge >= 0.3 is 6.18 Å². The van der Waals surface area contributed by atoms with Crippen molar-refractivity contribution in [1.29, 1.82) is 0 Å². The molecule has 0 aliphatic rings. The van der Waals surface area contributed by atoms with Gasteiger partial charge in [-0.2, -0.15) is 13.2 Å². The van der Waals surface area contributed by atoms with Crippen LogP contribution in [-0.2, 0) is 6.18 Å². The van der Waals surface area contributed by atoms with E-state index < -0.39 is 11.7 Å². The van der Waals surface area contributed by atoms with Crippen molar-refractivity contribution in [2.24, 2.45) is 5.64 Å². The van der Waals surface area contributed by atoms with Crippen molar-refractivity contribution in [3.8, 4) is 0 Å². The van der Waals surface area contributed by atoms with Crippen molar-refractivity contribution in [3.05, 3.63) is 29.8 Å². The van der Waals surface area contributed by atoms with Gasteiger partial charge in [-0.15, -0.1) is 0 Å². The van der Waals surface area contributed by atoms with Gasteiger partial charge in [-0.05, 0) is 0 Å². The smallest absolute Gasteiger partial charge is 0.369 e. The van der Waals surface area contributed by atoms with Crippen LogP contribution in [0.25, 0.3) is 0 Å². The molecular weight excluding hydrogens is 166 g/mol. The SMILES string of the molecule is NBc1ccccc1C(F)(F)F. The van der Waals surface area contributed by atoms with Crippen LogP contribution in [0.4, 0.5) is 13.2 Å². The number of rotatable bonds is 1. The molecular formula is C7H7BF3N. The minimum atomic E-state index is -4.30. The summed E-state index contributed by atoms with van der Waals surface area (Å²) in [6.45, 7) is 0. The second-order valence-corrected chi connectivity index (χ2v) is 2.36. The Kier molecular flexibility index (Phi) is 2.42. The Balaban J connectivity index is 3.14. The van der Waals surface area contributed by atoms with E-state index in [1.807, 2.05) is 0 Å². The lowest BCUT2D eigenvalue weighted by molar-refractivity contribution is -0.136. The molecule has 1 nitrogen and oxygen atoms in total. The number of hydrogen-bond acceptors (Lipinski definition) is 1. The lowest BCUT2D eigenvalue weighted by atomic mass is 9.81. The molecule has 0 fully saturated rings. The zero-order chi connectivity index (χ0) is 9.19. The van der Waals surface area contributed by atoms with E-state index in [1.54, 1.807) is 0 Å². The highest BCUT2D eigenvalue weighted by Gasteiger charge is 2.32. The summed E-state index contributed by atoms with van der Waals surface area (Å²) < 4.78 is 36.5. The van der Waals surface area contributed by atoms with Crippen LogP contribution in [0.15, 0.2) is 24.3 Å². The largest absolute Gasteiger partial charge is 0.415 e. The van der Waals surface area contributed by atoms with Crippen LogP contribution in [0.2, 0.25) is 0 Å². The molecule has 0 amide bonds. The van der Waals surface area contributed by atoms with Crippen molar-refractivity contribution in [1.82, 2.24) is 0 Å². The van der Waals surface area contributed by atoms with Crippen LogP contribution in [-0.4, -0.2) is 7.41 Å². The van der Waals surface area contributed by atoms with Crippen molar-refractivity contribution in [2.45, 2.75) is 6.18 Å². The standard InChI is InChI=1S/C7H7BF3N/c9-7(10,11)5-3-1-2-4-6(5)8-12/h1-4,8H,12H2. The molecule has 64 valence electrons. The van der Waals surface area contributed by atoms with Crippen LogP contribution in [0.5, 0.6) is 0 Å². The van der Waals surface area contributed by atoms with Crippen LogP contribution in [0.3, 0.4) is 0 Å². The molecule has 1 aromatic carbocycles. The summed E-state index contributed by atoms with van der Waals surface area (Å²) in [6, 6.07) is 5.30. The molecule has 0 saturated heterocycles.